The van der Waals surface area contributed by atoms with Crippen LogP contribution >= 0.6 is 46.5 Å². The highest BCUT2D eigenvalue weighted by Crippen LogP contribution is 2.44. The van der Waals surface area contributed by atoms with Gasteiger partial charge in [0.1, 0.15) is 16.8 Å². The first kappa shape index (κ1) is 21.5. The molecule has 0 radical (unpaired) electrons. The summed E-state index contributed by atoms with van der Waals surface area (Å²) in [4.78, 5) is 40.5. The van der Waals surface area contributed by atoms with Crippen LogP contribution in [0, 0.1) is 5.41 Å². The highest BCUT2D eigenvalue weighted by atomic mass is 35.5. The number of carboxylic acids is 1. The van der Waals surface area contributed by atoms with Gasteiger partial charge in [0.05, 0.1) is 6.42 Å². The quantitative estimate of drug-likeness (QED) is 0.465. The maximum Gasteiger partial charge on any atom is 0.313 e. The Kier molecular flexibility index (Phi) is 6.34. The lowest BCUT2D eigenvalue weighted by Gasteiger charge is -2.53. The number of carbonyl (C=O) groups excluding carboxylic acids is 2. The van der Waals surface area contributed by atoms with Crippen LogP contribution in [0.3, 0.4) is 0 Å². The Morgan fingerprint density at radius 2 is 2.07 bits per heavy atom. The molecule has 10 heteroatoms. The second kappa shape index (κ2) is 8.82. The van der Waals surface area contributed by atoms with E-state index >= 15 is 0 Å². The molecule has 0 saturated carbocycles. The predicted octanol–water partition coefficient (Wildman–Crippen LogP) is 3.21. The first-order valence-electron chi connectivity index (χ1n) is 9.24. The normalized spacial score (nSPS) is 25.4. The molecule has 3 heterocycles. The molecule has 3 atom stereocenters. The van der Waals surface area contributed by atoms with Crippen molar-refractivity contribution in [3.8, 4) is 0 Å². The molecule has 2 aliphatic rings. The summed E-state index contributed by atoms with van der Waals surface area (Å²) in [5, 5.41) is 15.1. The minimum absolute atomic E-state index is 0.150. The van der Waals surface area contributed by atoms with Gasteiger partial charge in [-0.3, -0.25) is 14.4 Å². The minimum Gasteiger partial charge on any atom is -0.481 e. The van der Waals surface area contributed by atoms with E-state index in [2.05, 4.69) is 5.32 Å². The summed E-state index contributed by atoms with van der Waals surface area (Å²) < 4.78 is 0. The maximum absolute atomic E-state index is 12.6. The molecule has 2 saturated heterocycles. The lowest BCUT2D eigenvalue weighted by atomic mass is 9.89. The van der Waals surface area contributed by atoms with E-state index in [1.165, 1.54) is 34.9 Å². The van der Waals surface area contributed by atoms with Crippen molar-refractivity contribution in [3.05, 3.63) is 51.7 Å². The van der Waals surface area contributed by atoms with Crippen molar-refractivity contribution in [3.63, 3.8) is 0 Å². The molecule has 2 aliphatic heterocycles. The van der Waals surface area contributed by atoms with Gasteiger partial charge in [0.25, 0.3) is 0 Å². The van der Waals surface area contributed by atoms with Crippen molar-refractivity contribution < 1.29 is 19.5 Å². The molecule has 0 aliphatic carbocycles. The van der Waals surface area contributed by atoms with Crippen molar-refractivity contribution in [2.45, 2.75) is 22.7 Å². The molecule has 2 aromatic rings. The number of carbonyl (C=O) groups is 3. The van der Waals surface area contributed by atoms with Crippen LogP contribution in [0.4, 0.5) is 0 Å². The van der Waals surface area contributed by atoms with E-state index in [-0.39, 0.29) is 30.2 Å². The van der Waals surface area contributed by atoms with Gasteiger partial charge in [-0.05, 0) is 35.7 Å². The van der Waals surface area contributed by atoms with Crippen molar-refractivity contribution in [1.82, 2.24) is 10.2 Å². The highest BCUT2D eigenvalue weighted by Gasteiger charge is 2.57. The van der Waals surface area contributed by atoms with Gasteiger partial charge in [0.2, 0.25) is 11.8 Å². The van der Waals surface area contributed by atoms with Gasteiger partial charge in [0, 0.05) is 32.8 Å². The third kappa shape index (κ3) is 4.34. The second-order valence-electron chi connectivity index (χ2n) is 7.30. The average molecular weight is 483 g/mol. The van der Waals surface area contributed by atoms with E-state index in [4.69, 9.17) is 11.6 Å². The summed E-state index contributed by atoms with van der Waals surface area (Å²) in [5.41, 5.74) is -1.03. The number of carboxylic acid groups (broad SMARTS) is 1. The molecular formula is C20H19ClN2O4S3. The molecule has 4 rings (SSSR count). The molecule has 2 N–H and O–H groups in total. The molecule has 0 spiro atoms. The Hall–Kier alpha value is -1.68. The van der Waals surface area contributed by atoms with E-state index in [9.17, 15) is 19.5 Å². The Balaban J connectivity index is 1.37. The Morgan fingerprint density at radius 1 is 1.30 bits per heavy atom. The van der Waals surface area contributed by atoms with E-state index in [1.807, 2.05) is 29.6 Å². The van der Waals surface area contributed by atoms with Gasteiger partial charge < -0.3 is 15.3 Å². The summed E-state index contributed by atoms with van der Waals surface area (Å²) in [6, 6.07) is 10.4. The summed E-state index contributed by atoms with van der Waals surface area (Å²) in [7, 11) is 0. The topological polar surface area (TPSA) is 86.7 Å². The third-order valence-corrected chi connectivity index (χ3v) is 9.18. The number of rotatable bonds is 7. The van der Waals surface area contributed by atoms with Gasteiger partial charge in [-0.2, -0.15) is 0 Å². The van der Waals surface area contributed by atoms with Gasteiger partial charge in [-0.25, -0.2) is 0 Å². The number of nitrogens with zero attached hydrogens (tertiary/aromatic N) is 1. The van der Waals surface area contributed by atoms with Crippen molar-refractivity contribution in [2.75, 3.05) is 18.1 Å². The van der Waals surface area contributed by atoms with Crippen LogP contribution in [0.15, 0.2) is 46.7 Å². The monoisotopic (exact) mass is 482 g/mol. The number of thiophene rings is 1. The lowest BCUT2D eigenvalue weighted by Crippen LogP contribution is -2.74. The summed E-state index contributed by atoms with van der Waals surface area (Å²) >= 11 is 10.3. The van der Waals surface area contributed by atoms with Crippen LogP contribution in [0.25, 0.3) is 0 Å². The number of hydrogen-bond donors (Lipinski definition) is 2. The molecule has 2 fully saturated rings. The van der Waals surface area contributed by atoms with E-state index in [1.54, 1.807) is 17.0 Å². The zero-order valence-electron chi connectivity index (χ0n) is 15.7. The molecule has 2 unspecified atom stereocenters. The Morgan fingerprint density at radius 3 is 2.73 bits per heavy atom. The molecule has 30 heavy (non-hydrogen) atoms. The molecular weight excluding hydrogens is 464 g/mol. The fraction of sp³-hybridized carbons (Fsp3) is 0.350. The summed E-state index contributed by atoms with van der Waals surface area (Å²) in [5.74, 6) is -0.580. The van der Waals surface area contributed by atoms with Crippen LogP contribution in [-0.4, -0.2) is 57.3 Å². The molecule has 6 nitrogen and oxygen atoms in total. The fourth-order valence-corrected chi connectivity index (χ4v) is 7.04. The first-order valence-corrected chi connectivity index (χ1v) is 12.5. The van der Waals surface area contributed by atoms with Crippen LogP contribution in [0.1, 0.15) is 4.88 Å². The summed E-state index contributed by atoms with van der Waals surface area (Å²) in [6.45, 7) is 0.150. The number of benzene rings is 1. The number of aliphatic carboxylic acids is 1. The predicted molar refractivity (Wildman–Crippen MR) is 120 cm³/mol. The summed E-state index contributed by atoms with van der Waals surface area (Å²) in [6.07, 6.45) is 0.246. The number of halogens is 1. The Labute approximate surface area is 191 Å². The largest absolute Gasteiger partial charge is 0.481 e. The zero-order chi connectivity index (χ0) is 21.3. The van der Waals surface area contributed by atoms with Crippen LogP contribution in [0.5, 0.6) is 0 Å². The van der Waals surface area contributed by atoms with Crippen molar-refractivity contribution in [1.29, 1.82) is 0 Å². The van der Waals surface area contributed by atoms with Gasteiger partial charge in [-0.15, -0.1) is 34.9 Å². The number of thioether (sulfide) groups is 2. The van der Waals surface area contributed by atoms with Crippen LogP contribution < -0.4 is 5.32 Å². The number of nitrogens with one attached hydrogen (secondary N) is 1. The SMILES string of the molecule is O=C(Cc1cccs1)NC1C(=O)N2CC(CSc3ccc(Cl)cc3)(C(=O)O)CS[C@H]12. The first-order chi connectivity index (χ1) is 14.4. The number of hydrogen-bond acceptors (Lipinski definition) is 6. The zero-order valence-corrected chi connectivity index (χ0v) is 19.0. The third-order valence-electron chi connectivity index (χ3n) is 5.16. The standard InChI is InChI=1S/C20H19ClN2O4S3/c21-12-3-5-13(6-4-12)29-10-20(19(26)27)9-23-17(25)16(18(23)30-11-20)22-15(24)8-14-2-1-7-28-14/h1-7,16,18H,8-11H2,(H,22,24)(H,26,27)/t16?,18-,20?/m1/s1. The van der Waals surface area contributed by atoms with Crippen molar-refractivity contribution in [2.24, 2.45) is 5.41 Å². The average Bonchev–Trinajstić information content (AvgIpc) is 3.24. The lowest BCUT2D eigenvalue weighted by molar-refractivity contribution is -0.157. The van der Waals surface area contributed by atoms with Crippen molar-refractivity contribution >= 4 is 64.2 Å². The van der Waals surface area contributed by atoms with Gasteiger partial charge in [0.15, 0.2) is 0 Å². The fourth-order valence-electron chi connectivity index (χ4n) is 3.45. The molecule has 158 valence electrons. The minimum atomic E-state index is -1.03. The van der Waals surface area contributed by atoms with E-state index in [0.29, 0.717) is 16.5 Å². The van der Waals surface area contributed by atoms with Crippen LogP contribution in [0.2, 0.25) is 5.02 Å². The molecule has 0 bridgehead atoms. The van der Waals surface area contributed by atoms with Gasteiger partial charge >= 0.3 is 5.97 Å². The van der Waals surface area contributed by atoms with E-state index < -0.39 is 17.4 Å². The second-order valence-corrected chi connectivity index (χ2v) is 10.9. The smallest absolute Gasteiger partial charge is 0.313 e. The molecule has 2 amide bonds. The molecule has 1 aromatic carbocycles. The molecule has 1 aromatic heterocycles. The highest BCUT2D eigenvalue weighted by molar-refractivity contribution is 8.00. The number of β-lactam (4-membered cyclic amide) rings is 1. The van der Waals surface area contributed by atoms with Crippen LogP contribution in [-0.2, 0) is 20.8 Å². The number of amides is 2. The van der Waals surface area contributed by atoms with Gasteiger partial charge in [-0.1, -0.05) is 17.7 Å². The van der Waals surface area contributed by atoms with E-state index in [0.717, 1.165) is 9.77 Å². The maximum atomic E-state index is 12.6. The number of fused-ring (bicyclic) bond motifs is 1. The Bertz CT molecular complexity index is 953.